The van der Waals surface area contributed by atoms with E-state index < -0.39 is 51.0 Å². The lowest BCUT2D eigenvalue weighted by Gasteiger charge is -2.45. The van der Waals surface area contributed by atoms with Crippen LogP contribution in [0.3, 0.4) is 0 Å². The number of ether oxygens (including phenoxy) is 1. The third-order valence-electron chi connectivity index (χ3n) is 7.51. The number of alkyl halides is 3. The van der Waals surface area contributed by atoms with Crippen molar-refractivity contribution in [2.45, 2.75) is 34.8 Å². The Morgan fingerprint density at radius 1 is 1.07 bits per heavy atom. The predicted octanol–water partition coefficient (Wildman–Crippen LogP) is 2.78. The van der Waals surface area contributed by atoms with Crippen molar-refractivity contribution in [1.29, 1.82) is 0 Å². The van der Waals surface area contributed by atoms with Gasteiger partial charge in [0, 0.05) is 51.6 Å². The Morgan fingerprint density at radius 3 is 2.40 bits per heavy atom. The molecule has 1 atom stereocenters. The molecule has 1 aromatic carbocycles. The predicted molar refractivity (Wildman–Crippen MR) is 138 cm³/mol. The highest BCUT2D eigenvalue weighted by atomic mass is 35.5. The number of anilines is 1. The fraction of sp³-hybridized carbons (Fsp3) is 0.480. The van der Waals surface area contributed by atoms with E-state index in [-0.39, 0.29) is 55.1 Å². The highest BCUT2D eigenvalue weighted by molar-refractivity contribution is 7.93. The number of carbonyl (C=O) groups excluding carboxylic acids is 2. The van der Waals surface area contributed by atoms with Gasteiger partial charge in [0.1, 0.15) is 5.82 Å². The van der Waals surface area contributed by atoms with E-state index in [1.165, 1.54) is 40.3 Å². The van der Waals surface area contributed by atoms with Crippen molar-refractivity contribution >= 4 is 39.2 Å². The molecule has 5 rings (SSSR count). The number of pyridine rings is 1. The molecule has 0 bridgehead atoms. The van der Waals surface area contributed by atoms with Gasteiger partial charge < -0.3 is 19.9 Å². The Morgan fingerprint density at radius 2 is 1.75 bits per heavy atom. The van der Waals surface area contributed by atoms with Gasteiger partial charge in [-0.15, -0.1) is 0 Å². The second-order valence-corrected chi connectivity index (χ2v) is 12.3. The standard InChI is InChI=1S/C25H27ClF3N5O5S/c26-19-5-1-2-6-20(19)40(37,38)24(16-31-23(36)34(24)17-7-14-39-15-8-17)22(35)33-12-10-32(11-13-33)21-18(25(27,28)29)4-3-9-30-21/h1-6,9,17H,7-8,10-16H2,(H,31,36)/t24-/m0/s1. The van der Waals surface area contributed by atoms with Crippen LogP contribution < -0.4 is 10.2 Å². The summed E-state index contributed by atoms with van der Waals surface area (Å²) in [6, 6.07) is 6.55. The van der Waals surface area contributed by atoms with Gasteiger partial charge in [-0.05, 0) is 37.1 Å². The van der Waals surface area contributed by atoms with Crippen molar-refractivity contribution in [3.63, 3.8) is 0 Å². The van der Waals surface area contributed by atoms with Crippen LogP contribution in [-0.2, 0) is 25.5 Å². The quantitative estimate of drug-likeness (QED) is 0.561. The van der Waals surface area contributed by atoms with Crippen molar-refractivity contribution in [1.82, 2.24) is 20.1 Å². The molecule has 0 saturated carbocycles. The number of sulfone groups is 1. The molecular weight excluding hydrogens is 575 g/mol. The molecule has 3 saturated heterocycles. The summed E-state index contributed by atoms with van der Waals surface area (Å²) in [5.41, 5.74) is -0.899. The number of halogens is 4. The Balaban J connectivity index is 1.51. The molecule has 40 heavy (non-hydrogen) atoms. The molecular formula is C25H27ClF3N5O5S. The Bertz CT molecular complexity index is 1400. The molecule has 3 aliphatic heterocycles. The van der Waals surface area contributed by atoms with Gasteiger partial charge >= 0.3 is 12.2 Å². The lowest BCUT2D eigenvalue weighted by Crippen LogP contribution is -2.67. The van der Waals surface area contributed by atoms with Crippen LogP contribution in [0, 0.1) is 0 Å². The molecule has 2 aromatic rings. The van der Waals surface area contributed by atoms with E-state index in [1.807, 2.05) is 0 Å². The number of hydrogen-bond acceptors (Lipinski definition) is 7. The summed E-state index contributed by atoms with van der Waals surface area (Å²) in [5.74, 6) is -1.10. The van der Waals surface area contributed by atoms with Crippen LogP contribution in [-0.4, -0.2) is 92.0 Å². The van der Waals surface area contributed by atoms with Crippen molar-refractivity contribution in [3.8, 4) is 0 Å². The monoisotopic (exact) mass is 601 g/mol. The Kier molecular flexibility index (Phi) is 7.61. The van der Waals surface area contributed by atoms with E-state index in [9.17, 15) is 31.2 Å². The van der Waals surface area contributed by atoms with Gasteiger partial charge in [0.15, 0.2) is 0 Å². The average molecular weight is 602 g/mol. The lowest BCUT2D eigenvalue weighted by molar-refractivity contribution is -0.139. The molecule has 1 N–H and O–H groups in total. The van der Waals surface area contributed by atoms with Gasteiger partial charge in [0.05, 0.1) is 22.0 Å². The number of nitrogens with zero attached hydrogens (tertiary/aromatic N) is 4. The van der Waals surface area contributed by atoms with Gasteiger partial charge in [-0.3, -0.25) is 9.69 Å². The number of aromatic nitrogens is 1. The maximum absolute atomic E-state index is 14.4. The summed E-state index contributed by atoms with van der Waals surface area (Å²) in [4.78, 5) is 32.6. The van der Waals surface area contributed by atoms with Crippen molar-refractivity contribution < 1.29 is 35.9 Å². The normalized spacial score (nSPS) is 22.9. The minimum absolute atomic E-state index is 0.0211. The average Bonchev–Trinajstić information content (AvgIpc) is 3.31. The van der Waals surface area contributed by atoms with Crippen LogP contribution in [0.2, 0.25) is 5.02 Å². The first kappa shape index (κ1) is 28.4. The fourth-order valence-electron chi connectivity index (χ4n) is 5.54. The summed E-state index contributed by atoms with van der Waals surface area (Å²) in [6.45, 7) is -0.136. The molecule has 0 aliphatic carbocycles. The third kappa shape index (κ3) is 4.75. The number of rotatable bonds is 5. The van der Waals surface area contributed by atoms with E-state index in [4.69, 9.17) is 16.3 Å². The van der Waals surface area contributed by atoms with Gasteiger partial charge in [-0.1, -0.05) is 23.7 Å². The number of benzene rings is 1. The highest BCUT2D eigenvalue weighted by Crippen LogP contribution is 2.41. The van der Waals surface area contributed by atoms with Gasteiger partial charge in [-0.25, -0.2) is 18.2 Å². The fourth-order valence-corrected chi connectivity index (χ4v) is 8.03. The molecule has 0 unspecified atom stereocenters. The van der Waals surface area contributed by atoms with E-state index in [0.29, 0.717) is 12.8 Å². The maximum Gasteiger partial charge on any atom is 0.419 e. The minimum atomic E-state index is -4.62. The first-order valence-electron chi connectivity index (χ1n) is 12.7. The van der Waals surface area contributed by atoms with E-state index >= 15 is 0 Å². The van der Waals surface area contributed by atoms with E-state index in [2.05, 4.69) is 10.3 Å². The summed E-state index contributed by atoms with van der Waals surface area (Å²) < 4.78 is 74.9. The largest absolute Gasteiger partial charge is 0.419 e. The Labute approximate surface area is 233 Å². The van der Waals surface area contributed by atoms with Gasteiger partial charge in [0.2, 0.25) is 14.7 Å². The van der Waals surface area contributed by atoms with Crippen LogP contribution in [0.25, 0.3) is 0 Å². The number of carbonyl (C=O) groups is 2. The number of hydrogen-bond donors (Lipinski definition) is 1. The van der Waals surface area contributed by atoms with Crippen molar-refractivity contribution in [2.75, 3.05) is 50.8 Å². The smallest absolute Gasteiger partial charge is 0.381 e. The van der Waals surface area contributed by atoms with Crippen LogP contribution >= 0.6 is 11.6 Å². The molecule has 3 amide bonds. The summed E-state index contributed by atoms with van der Waals surface area (Å²) in [6.07, 6.45) is -2.71. The number of amides is 3. The van der Waals surface area contributed by atoms with Crippen LogP contribution in [0.4, 0.5) is 23.8 Å². The number of urea groups is 1. The maximum atomic E-state index is 14.4. The zero-order chi connectivity index (χ0) is 28.7. The van der Waals surface area contributed by atoms with E-state index in [1.54, 1.807) is 6.07 Å². The van der Waals surface area contributed by atoms with Crippen LogP contribution in [0.5, 0.6) is 0 Å². The van der Waals surface area contributed by atoms with Crippen LogP contribution in [0.15, 0.2) is 47.5 Å². The summed E-state index contributed by atoms with van der Waals surface area (Å²) >= 11 is 6.29. The van der Waals surface area contributed by atoms with Gasteiger partial charge in [-0.2, -0.15) is 13.2 Å². The zero-order valence-corrected chi connectivity index (χ0v) is 22.8. The molecule has 1 aromatic heterocycles. The SMILES string of the molecule is O=C1NC[C@@](C(=O)N2CCN(c3ncccc3C(F)(F)F)CC2)(S(=O)(=O)c2ccccc2Cl)N1C1CCOCC1. The molecule has 3 fully saturated rings. The topological polar surface area (TPSA) is 112 Å². The minimum Gasteiger partial charge on any atom is -0.381 e. The van der Waals surface area contributed by atoms with Crippen LogP contribution in [0.1, 0.15) is 18.4 Å². The first-order valence-corrected chi connectivity index (χ1v) is 14.5. The summed E-state index contributed by atoms with van der Waals surface area (Å²) in [7, 11) is -4.60. The third-order valence-corrected chi connectivity index (χ3v) is 10.3. The molecule has 4 heterocycles. The molecule has 0 radical (unpaired) electrons. The van der Waals surface area contributed by atoms with E-state index in [0.717, 1.165) is 11.0 Å². The highest BCUT2D eigenvalue weighted by Gasteiger charge is 2.64. The molecule has 3 aliphatic rings. The molecule has 10 nitrogen and oxygen atoms in total. The Hall–Kier alpha value is -3.10. The van der Waals surface area contributed by atoms with Crippen molar-refractivity contribution in [3.05, 3.63) is 53.2 Å². The second-order valence-electron chi connectivity index (χ2n) is 9.74. The zero-order valence-electron chi connectivity index (χ0n) is 21.2. The number of nitrogens with one attached hydrogen (secondary N) is 1. The summed E-state index contributed by atoms with van der Waals surface area (Å²) in [5, 5.41) is 2.47. The number of piperazine rings is 1. The second kappa shape index (κ2) is 10.7. The first-order chi connectivity index (χ1) is 19.0. The molecule has 216 valence electrons. The lowest BCUT2D eigenvalue weighted by atomic mass is 10.0. The molecule has 0 spiro atoms. The van der Waals surface area contributed by atoms with Gasteiger partial charge in [0.25, 0.3) is 5.91 Å². The van der Waals surface area contributed by atoms with Crippen molar-refractivity contribution in [2.24, 2.45) is 0 Å². The molecule has 15 heteroatoms.